The van der Waals surface area contributed by atoms with Gasteiger partial charge in [0.05, 0.1) is 0 Å². The molecule has 27 heavy (non-hydrogen) atoms. The van der Waals surface area contributed by atoms with Gasteiger partial charge in [-0.25, -0.2) is 0 Å². The van der Waals surface area contributed by atoms with E-state index in [1.807, 2.05) is 18.2 Å². The van der Waals surface area contributed by atoms with Crippen LogP contribution in [0.4, 0.5) is 0 Å². The normalized spacial score (nSPS) is 11.6. The molecule has 0 aliphatic heterocycles. The lowest BCUT2D eigenvalue weighted by Gasteiger charge is -2.23. The van der Waals surface area contributed by atoms with Crippen LogP contribution in [0.5, 0.6) is 11.5 Å². The SMILES string of the molecule is Cc1ccc(C(C)(C)C)c(OCCOc2ccc3ccccc3c2CN)c1. The molecule has 142 valence electrons. The van der Waals surface area contributed by atoms with Crippen molar-refractivity contribution in [2.24, 2.45) is 5.73 Å². The number of nitrogens with two attached hydrogens (primary N) is 1. The first-order chi connectivity index (χ1) is 12.9. The molecule has 3 rings (SSSR count). The monoisotopic (exact) mass is 363 g/mol. The number of aryl methyl sites for hydroxylation is 1. The van der Waals surface area contributed by atoms with Crippen molar-refractivity contribution in [3.8, 4) is 11.5 Å². The summed E-state index contributed by atoms with van der Waals surface area (Å²) in [6.07, 6.45) is 0. The van der Waals surface area contributed by atoms with E-state index in [-0.39, 0.29) is 5.41 Å². The number of fused-ring (bicyclic) bond motifs is 1. The Hall–Kier alpha value is -2.52. The summed E-state index contributed by atoms with van der Waals surface area (Å²) in [6, 6.07) is 18.7. The van der Waals surface area contributed by atoms with Crippen LogP contribution in [-0.2, 0) is 12.0 Å². The van der Waals surface area contributed by atoms with Crippen molar-refractivity contribution in [3.05, 3.63) is 71.3 Å². The van der Waals surface area contributed by atoms with Crippen LogP contribution in [0.25, 0.3) is 10.8 Å². The van der Waals surface area contributed by atoms with Crippen LogP contribution in [0.2, 0.25) is 0 Å². The van der Waals surface area contributed by atoms with Crippen LogP contribution in [0, 0.1) is 6.92 Å². The van der Waals surface area contributed by atoms with Gasteiger partial charge in [-0.15, -0.1) is 0 Å². The molecule has 3 aromatic carbocycles. The maximum Gasteiger partial charge on any atom is 0.124 e. The lowest BCUT2D eigenvalue weighted by Crippen LogP contribution is -2.16. The predicted molar refractivity (Wildman–Crippen MR) is 113 cm³/mol. The summed E-state index contributed by atoms with van der Waals surface area (Å²) < 4.78 is 12.1. The molecule has 0 aromatic heterocycles. The molecular weight excluding hydrogens is 334 g/mol. The van der Waals surface area contributed by atoms with Gasteiger partial charge < -0.3 is 15.2 Å². The first-order valence-electron chi connectivity index (χ1n) is 9.47. The summed E-state index contributed by atoms with van der Waals surface area (Å²) in [4.78, 5) is 0. The lowest BCUT2D eigenvalue weighted by atomic mass is 9.86. The second-order valence-corrected chi connectivity index (χ2v) is 7.91. The van der Waals surface area contributed by atoms with E-state index in [0.717, 1.165) is 22.4 Å². The van der Waals surface area contributed by atoms with Crippen LogP contribution in [0.1, 0.15) is 37.5 Å². The van der Waals surface area contributed by atoms with Crippen molar-refractivity contribution in [1.82, 2.24) is 0 Å². The highest BCUT2D eigenvalue weighted by Crippen LogP contribution is 2.32. The summed E-state index contributed by atoms with van der Waals surface area (Å²) in [6.45, 7) is 10.1. The molecule has 0 fully saturated rings. The smallest absolute Gasteiger partial charge is 0.124 e. The number of hydrogen-bond donors (Lipinski definition) is 1. The Kier molecular flexibility index (Phi) is 5.71. The van der Waals surface area contributed by atoms with Crippen LogP contribution < -0.4 is 15.2 Å². The summed E-state index contributed by atoms with van der Waals surface area (Å²) in [5, 5.41) is 2.32. The molecule has 3 heteroatoms. The van der Waals surface area contributed by atoms with E-state index in [0.29, 0.717) is 19.8 Å². The van der Waals surface area contributed by atoms with Crippen LogP contribution in [0.3, 0.4) is 0 Å². The average Bonchev–Trinajstić information content (AvgIpc) is 2.63. The van der Waals surface area contributed by atoms with Gasteiger partial charge in [0.15, 0.2) is 0 Å². The Morgan fingerprint density at radius 2 is 1.56 bits per heavy atom. The van der Waals surface area contributed by atoms with Crippen molar-refractivity contribution in [2.45, 2.75) is 39.7 Å². The van der Waals surface area contributed by atoms with Gasteiger partial charge in [-0.3, -0.25) is 0 Å². The zero-order valence-electron chi connectivity index (χ0n) is 16.7. The fourth-order valence-electron chi connectivity index (χ4n) is 3.33. The zero-order valence-corrected chi connectivity index (χ0v) is 16.7. The largest absolute Gasteiger partial charge is 0.490 e. The minimum Gasteiger partial charge on any atom is -0.490 e. The van der Waals surface area contributed by atoms with Gasteiger partial charge in [0.1, 0.15) is 24.7 Å². The summed E-state index contributed by atoms with van der Waals surface area (Å²) in [5.41, 5.74) is 9.47. The maximum atomic E-state index is 6.07. The second-order valence-electron chi connectivity index (χ2n) is 7.91. The minimum atomic E-state index is 0.0367. The van der Waals surface area contributed by atoms with Crippen molar-refractivity contribution >= 4 is 10.8 Å². The molecule has 0 aliphatic rings. The van der Waals surface area contributed by atoms with E-state index in [1.54, 1.807) is 0 Å². The average molecular weight is 364 g/mol. The lowest BCUT2D eigenvalue weighted by molar-refractivity contribution is 0.213. The van der Waals surface area contributed by atoms with Gasteiger partial charge in [-0.1, -0.05) is 63.2 Å². The highest BCUT2D eigenvalue weighted by molar-refractivity contribution is 5.87. The molecule has 0 unspecified atom stereocenters. The zero-order chi connectivity index (χ0) is 19.4. The van der Waals surface area contributed by atoms with Crippen LogP contribution >= 0.6 is 0 Å². The molecule has 0 spiro atoms. The van der Waals surface area contributed by atoms with E-state index in [4.69, 9.17) is 15.2 Å². The first-order valence-corrected chi connectivity index (χ1v) is 9.47. The van der Waals surface area contributed by atoms with Gasteiger partial charge in [0.25, 0.3) is 0 Å². The second kappa shape index (κ2) is 8.01. The van der Waals surface area contributed by atoms with E-state index in [1.165, 1.54) is 16.5 Å². The Balaban J connectivity index is 1.70. The van der Waals surface area contributed by atoms with Crippen LogP contribution in [0.15, 0.2) is 54.6 Å². The Labute approximate surface area is 162 Å². The predicted octanol–water partition coefficient (Wildman–Crippen LogP) is 5.36. The topological polar surface area (TPSA) is 44.5 Å². The molecule has 0 bridgehead atoms. The van der Waals surface area contributed by atoms with Gasteiger partial charge >= 0.3 is 0 Å². The summed E-state index contributed by atoms with van der Waals surface area (Å²) in [5.74, 6) is 1.77. The number of hydrogen-bond acceptors (Lipinski definition) is 3. The molecule has 0 atom stereocenters. The van der Waals surface area contributed by atoms with Crippen molar-refractivity contribution in [3.63, 3.8) is 0 Å². The molecule has 0 aliphatic carbocycles. The van der Waals surface area contributed by atoms with E-state index >= 15 is 0 Å². The third-order valence-electron chi connectivity index (χ3n) is 4.75. The van der Waals surface area contributed by atoms with Crippen molar-refractivity contribution in [1.29, 1.82) is 0 Å². The van der Waals surface area contributed by atoms with E-state index in [9.17, 15) is 0 Å². The quantitative estimate of drug-likeness (QED) is 0.599. The molecule has 3 nitrogen and oxygen atoms in total. The van der Waals surface area contributed by atoms with Crippen molar-refractivity contribution < 1.29 is 9.47 Å². The molecule has 0 heterocycles. The Bertz CT molecular complexity index is 925. The maximum absolute atomic E-state index is 6.07. The van der Waals surface area contributed by atoms with Gasteiger partial charge in [-0.05, 0) is 46.4 Å². The standard InChI is InChI=1S/C24H29NO2/c1-17-9-11-21(24(2,3)4)23(15-17)27-14-13-26-22-12-10-18-7-5-6-8-19(18)20(22)16-25/h5-12,15H,13-14,16,25H2,1-4H3. The molecule has 2 N–H and O–H groups in total. The fourth-order valence-corrected chi connectivity index (χ4v) is 3.33. The first kappa shape index (κ1) is 19.2. The molecule has 0 saturated heterocycles. The van der Waals surface area contributed by atoms with Gasteiger partial charge in [-0.2, -0.15) is 0 Å². The van der Waals surface area contributed by atoms with E-state index < -0.39 is 0 Å². The Morgan fingerprint density at radius 3 is 2.26 bits per heavy atom. The van der Waals surface area contributed by atoms with Crippen LogP contribution in [-0.4, -0.2) is 13.2 Å². The van der Waals surface area contributed by atoms with Crippen molar-refractivity contribution in [2.75, 3.05) is 13.2 Å². The van der Waals surface area contributed by atoms with Gasteiger partial charge in [0, 0.05) is 12.1 Å². The molecule has 0 saturated carbocycles. The summed E-state index contributed by atoms with van der Waals surface area (Å²) >= 11 is 0. The molecular formula is C24H29NO2. The fraction of sp³-hybridized carbons (Fsp3) is 0.333. The van der Waals surface area contributed by atoms with Gasteiger partial charge in [0.2, 0.25) is 0 Å². The third-order valence-corrected chi connectivity index (χ3v) is 4.75. The van der Waals surface area contributed by atoms with E-state index in [2.05, 4.69) is 64.1 Å². The number of rotatable bonds is 6. The third kappa shape index (κ3) is 4.42. The number of benzene rings is 3. The molecule has 0 amide bonds. The Morgan fingerprint density at radius 1 is 0.852 bits per heavy atom. The molecule has 3 aromatic rings. The molecule has 0 radical (unpaired) electrons. The highest BCUT2D eigenvalue weighted by atomic mass is 16.5. The highest BCUT2D eigenvalue weighted by Gasteiger charge is 2.19. The summed E-state index contributed by atoms with van der Waals surface area (Å²) in [7, 11) is 0. The minimum absolute atomic E-state index is 0.0367. The number of ether oxygens (including phenoxy) is 2.